The summed E-state index contributed by atoms with van der Waals surface area (Å²) in [6.07, 6.45) is 11.3. The summed E-state index contributed by atoms with van der Waals surface area (Å²) in [6.45, 7) is 4.64. The van der Waals surface area contributed by atoms with Crippen LogP contribution in [0.2, 0.25) is 0 Å². The summed E-state index contributed by atoms with van der Waals surface area (Å²) in [5, 5.41) is 0. The van der Waals surface area contributed by atoms with Crippen LogP contribution in [-0.2, 0) is 0 Å². The lowest BCUT2D eigenvalue weighted by molar-refractivity contribution is 0.277. The first-order chi connectivity index (χ1) is 7.69. The van der Waals surface area contributed by atoms with E-state index >= 15 is 0 Å². The van der Waals surface area contributed by atoms with Crippen LogP contribution in [0.25, 0.3) is 0 Å². The number of rotatable bonds is 6. The number of nitrogens with two attached hydrogens (primary N) is 1. The summed E-state index contributed by atoms with van der Waals surface area (Å²) >= 11 is 0. The number of fused-ring (bicyclic) bond motifs is 2. The Hall–Kier alpha value is -0.0400. The Kier molecular flexibility index (Phi) is 4.29. The Bertz CT molecular complexity index is 213. The molecule has 5 atom stereocenters. The van der Waals surface area contributed by atoms with E-state index in [-0.39, 0.29) is 0 Å². The highest BCUT2D eigenvalue weighted by molar-refractivity contribution is 4.91. The van der Waals surface area contributed by atoms with Gasteiger partial charge in [-0.2, -0.15) is 0 Å². The minimum atomic E-state index is 0.478. The predicted molar refractivity (Wildman–Crippen MR) is 70.2 cm³/mol. The summed E-state index contributed by atoms with van der Waals surface area (Å²) in [7, 11) is 0. The molecule has 1 nitrogen and oxygen atoms in total. The van der Waals surface area contributed by atoms with Crippen LogP contribution in [0.3, 0.4) is 0 Å². The Morgan fingerprint density at radius 1 is 1.25 bits per heavy atom. The molecule has 0 amide bonds. The minimum absolute atomic E-state index is 0.478. The molecule has 0 saturated heterocycles. The third-order valence-corrected chi connectivity index (χ3v) is 4.98. The highest BCUT2D eigenvalue weighted by atomic mass is 14.6. The first-order valence-corrected chi connectivity index (χ1v) is 7.44. The van der Waals surface area contributed by atoms with Crippen molar-refractivity contribution < 1.29 is 0 Å². The van der Waals surface area contributed by atoms with E-state index < -0.39 is 0 Å². The molecule has 2 N–H and O–H groups in total. The maximum absolute atomic E-state index is 6.32. The fraction of sp³-hybridized carbons (Fsp3) is 1.00. The molecule has 0 heterocycles. The van der Waals surface area contributed by atoms with E-state index in [1.807, 2.05) is 0 Å². The van der Waals surface area contributed by atoms with Crippen molar-refractivity contribution in [3.8, 4) is 0 Å². The lowest BCUT2D eigenvalue weighted by Crippen LogP contribution is -2.27. The van der Waals surface area contributed by atoms with Crippen molar-refractivity contribution in [1.82, 2.24) is 0 Å². The van der Waals surface area contributed by atoms with Crippen LogP contribution in [0.5, 0.6) is 0 Å². The quantitative estimate of drug-likeness (QED) is 0.724. The van der Waals surface area contributed by atoms with Crippen LogP contribution in [0.1, 0.15) is 65.2 Å². The van der Waals surface area contributed by atoms with E-state index in [0.717, 1.165) is 23.7 Å². The highest BCUT2D eigenvalue weighted by Crippen LogP contribution is 2.49. The van der Waals surface area contributed by atoms with Crippen molar-refractivity contribution in [2.45, 2.75) is 71.3 Å². The van der Waals surface area contributed by atoms with Crippen LogP contribution < -0.4 is 5.73 Å². The van der Waals surface area contributed by atoms with Gasteiger partial charge >= 0.3 is 0 Å². The van der Waals surface area contributed by atoms with E-state index in [1.54, 1.807) is 0 Å². The second-order valence-electron chi connectivity index (χ2n) is 6.56. The van der Waals surface area contributed by atoms with Crippen molar-refractivity contribution >= 4 is 0 Å². The molecule has 0 radical (unpaired) electrons. The zero-order chi connectivity index (χ0) is 11.5. The molecule has 1 heteroatoms. The molecule has 2 saturated carbocycles. The smallest absolute Gasteiger partial charge is 0.00441 e. The molecule has 0 aromatic rings. The van der Waals surface area contributed by atoms with E-state index in [2.05, 4.69) is 13.8 Å². The van der Waals surface area contributed by atoms with Gasteiger partial charge in [0.1, 0.15) is 0 Å². The van der Waals surface area contributed by atoms with Crippen LogP contribution in [0.4, 0.5) is 0 Å². The molecule has 0 aromatic carbocycles. The van der Waals surface area contributed by atoms with E-state index in [1.165, 1.54) is 51.4 Å². The minimum Gasteiger partial charge on any atom is -0.328 e. The predicted octanol–water partition coefficient (Wildman–Crippen LogP) is 3.97. The average molecular weight is 223 g/mol. The van der Waals surface area contributed by atoms with E-state index in [9.17, 15) is 0 Å². The maximum Gasteiger partial charge on any atom is 0.00441 e. The Labute approximate surface area is 101 Å². The second kappa shape index (κ2) is 5.53. The zero-order valence-corrected chi connectivity index (χ0v) is 11.1. The van der Waals surface area contributed by atoms with Crippen LogP contribution in [-0.4, -0.2) is 6.04 Å². The van der Waals surface area contributed by atoms with Gasteiger partial charge < -0.3 is 5.73 Å². The molecule has 2 rings (SSSR count). The Morgan fingerprint density at radius 2 is 2.06 bits per heavy atom. The zero-order valence-electron chi connectivity index (χ0n) is 11.1. The van der Waals surface area contributed by atoms with Crippen LogP contribution in [0, 0.1) is 23.7 Å². The van der Waals surface area contributed by atoms with Gasteiger partial charge in [-0.1, -0.05) is 33.1 Å². The second-order valence-corrected chi connectivity index (χ2v) is 6.56. The van der Waals surface area contributed by atoms with Gasteiger partial charge in [-0.15, -0.1) is 0 Å². The molecule has 94 valence electrons. The molecule has 5 unspecified atom stereocenters. The molecule has 2 aliphatic rings. The van der Waals surface area contributed by atoms with Gasteiger partial charge in [0.25, 0.3) is 0 Å². The van der Waals surface area contributed by atoms with Crippen LogP contribution >= 0.6 is 0 Å². The SMILES string of the molecule is CCCC(C)CC(N)CC1CC2CCC1C2. The Balaban J connectivity index is 1.69. The third-order valence-electron chi connectivity index (χ3n) is 4.98. The summed E-state index contributed by atoms with van der Waals surface area (Å²) in [6, 6.07) is 0.478. The number of hydrogen-bond donors (Lipinski definition) is 1. The lowest BCUT2D eigenvalue weighted by Gasteiger charge is -2.26. The monoisotopic (exact) mass is 223 g/mol. The average Bonchev–Trinajstić information content (AvgIpc) is 2.78. The van der Waals surface area contributed by atoms with Gasteiger partial charge in [-0.3, -0.25) is 0 Å². The molecular weight excluding hydrogens is 194 g/mol. The van der Waals surface area contributed by atoms with Crippen molar-refractivity contribution in [2.24, 2.45) is 29.4 Å². The maximum atomic E-state index is 6.32. The molecule has 2 aliphatic carbocycles. The fourth-order valence-electron chi connectivity index (χ4n) is 4.28. The first-order valence-electron chi connectivity index (χ1n) is 7.44. The summed E-state index contributed by atoms with van der Waals surface area (Å²) < 4.78 is 0. The standard InChI is InChI=1S/C15H29N/c1-3-4-11(2)7-15(16)10-14-9-12-5-6-13(14)8-12/h11-15H,3-10,16H2,1-2H3. The summed E-state index contributed by atoms with van der Waals surface area (Å²) in [4.78, 5) is 0. The van der Waals surface area contributed by atoms with Gasteiger partial charge in [0.05, 0.1) is 0 Å². The molecule has 2 bridgehead atoms. The summed E-state index contributed by atoms with van der Waals surface area (Å²) in [5.41, 5.74) is 6.32. The first kappa shape index (κ1) is 12.4. The van der Waals surface area contributed by atoms with Crippen LogP contribution in [0.15, 0.2) is 0 Å². The van der Waals surface area contributed by atoms with Gasteiger partial charge in [0, 0.05) is 6.04 Å². The van der Waals surface area contributed by atoms with Gasteiger partial charge in [0.15, 0.2) is 0 Å². The largest absolute Gasteiger partial charge is 0.328 e. The van der Waals surface area contributed by atoms with Gasteiger partial charge in [-0.05, 0) is 55.8 Å². The molecule has 0 aliphatic heterocycles. The summed E-state index contributed by atoms with van der Waals surface area (Å²) in [5.74, 6) is 3.95. The highest BCUT2D eigenvalue weighted by Gasteiger charge is 2.39. The molecule has 2 fully saturated rings. The normalized spacial score (nSPS) is 36.6. The van der Waals surface area contributed by atoms with E-state index in [0.29, 0.717) is 6.04 Å². The molecule has 0 aromatic heterocycles. The van der Waals surface area contributed by atoms with Gasteiger partial charge in [0.2, 0.25) is 0 Å². The van der Waals surface area contributed by atoms with Crippen molar-refractivity contribution in [1.29, 1.82) is 0 Å². The topological polar surface area (TPSA) is 26.0 Å². The Morgan fingerprint density at radius 3 is 2.62 bits per heavy atom. The van der Waals surface area contributed by atoms with E-state index in [4.69, 9.17) is 5.73 Å². The lowest BCUT2D eigenvalue weighted by atomic mass is 9.82. The number of hydrogen-bond acceptors (Lipinski definition) is 1. The van der Waals surface area contributed by atoms with Crippen molar-refractivity contribution in [3.63, 3.8) is 0 Å². The molecular formula is C15H29N. The molecule has 16 heavy (non-hydrogen) atoms. The van der Waals surface area contributed by atoms with Crippen molar-refractivity contribution in [2.75, 3.05) is 0 Å². The van der Waals surface area contributed by atoms with Crippen molar-refractivity contribution in [3.05, 3.63) is 0 Å². The molecule has 0 spiro atoms. The van der Waals surface area contributed by atoms with Gasteiger partial charge in [-0.25, -0.2) is 0 Å². The third kappa shape index (κ3) is 3.00. The fourth-order valence-corrected chi connectivity index (χ4v) is 4.28.